The van der Waals surface area contributed by atoms with E-state index in [2.05, 4.69) is 5.32 Å². The molecule has 0 saturated carbocycles. The minimum atomic E-state index is -0.373. The summed E-state index contributed by atoms with van der Waals surface area (Å²) in [6.45, 7) is 2.68. The lowest BCUT2D eigenvalue weighted by molar-refractivity contribution is 0.0806. The van der Waals surface area contributed by atoms with Crippen LogP contribution in [0, 0.1) is 5.92 Å². The molecular weight excluding hydrogens is 154 g/mol. The summed E-state index contributed by atoms with van der Waals surface area (Å²) in [4.78, 5) is 0. The highest BCUT2D eigenvalue weighted by Crippen LogP contribution is 2.22. The molecule has 0 spiro atoms. The van der Waals surface area contributed by atoms with Crippen molar-refractivity contribution < 1.29 is 9.84 Å². The van der Waals surface area contributed by atoms with E-state index in [1.807, 2.05) is 6.08 Å². The van der Waals surface area contributed by atoms with Crippen LogP contribution in [-0.2, 0) is 4.74 Å². The van der Waals surface area contributed by atoms with Crippen LogP contribution in [0.4, 0.5) is 0 Å². The third-order valence-electron chi connectivity index (χ3n) is 2.57. The van der Waals surface area contributed by atoms with Crippen LogP contribution in [-0.4, -0.2) is 30.9 Å². The van der Waals surface area contributed by atoms with E-state index in [0.29, 0.717) is 5.92 Å². The lowest BCUT2D eigenvalue weighted by atomic mass is 10.0. The van der Waals surface area contributed by atoms with Crippen LogP contribution in [0.3, 0.4) is 0 Å². The second-order valence-electron chi connectivity index (χ2n) is 3.44. The Bertz CT molecular complexity index is 185. The van der Waals surface area contributed by atoms with Gasteiger partial charge in [-0.3, -0.25) is 0 Å². The Hall–Kier alpha value is -0.540. The van der Waals surface area contributed by atoms with Gasteiger partial charge in [0.1, 0.15) is 11.9 Å². The molecule has 3 heteroatoms. The van der Waals surface area contributed by atoms with Crippen molar-refractivity contribution in [3.8, 4) is 0 Å². The number of aliphatic hydroxyl groups is 1. The average Bonchev–Trinajstić information content (AvgIpc) is 2.77. The monoisotopic (exact) mass is 169 g/mol. The fourth-order valence-electron chi connectivity index (χ4n) is 1.82. The molecule has 2 atom stereocenters. The zero-order valence-corrected chi connectivity index (χ0v) is 7.12. The second-order valence-corrected chi connectivity index (χ2v) is 3.44. The summed E-state index contributed by atoms with van der Waals surface area (Å²) in [5.74, 6) is 1.15. The predicted molar refractivity (Wildman–Crippen MR) is 45.6 cm³/mol. The van der Waals surface area contributed by atoms with E-state index in [1.54, 1.807) is 0 Å². The Morgan fingerprint density at radius 1 is 1.67 bits per heavy atom. The molecular formula is C9H15NO2. The minimum absolute atomic E-state index is 0.356. The number of aliphatic hydroxyl groups excluding tert-OH is 1. The summed E-state index contributed by atoms with van der Waals surface area (Å²) in [6, 6.07) is 0. The predicted octanol–water partition coefficient (Wildman–Crippen LogP) is 0.261. The van der Waals surface area contributed by atoms with E-state index in [9.17, 15) is 5.11 Å². The number of ether oxygens (including phenoxy) is 1. The maximum atomic E-state index is 9.82. The normalized spacial score (nSPS) is 31.4. The van der Waals surface area contributed by atoms with Crippen molar-refractivity contribution >= 4 is 0 Å². The van der Waals surface area contributed by atoms with E-state index in [0.717, 1.165) is 38.3 Å². The van der Waals surface area contributed by atoms with E-state index in [4.69, 9.17) is 4.74 Å². The van der Waals surface area contributed by atoms with Gasteiger partial charge in [0.05, 0.1) is 6.61 Å². The van der Waals surface area contributed by atoms with E-state index in [-0.39, 0.29) is 6.10 Å². The molecule has 3 nitrogen and oxygen atoms in total. The standard InChI is InChI=1S/C9H15NO2/c11-9(7-3-4-10-6-7)8-2-1-5-12-8/h2,7,9-11H,1,3-6H2/t7-,9?/m0/s1. The molecule has 1 saturated heterocycles. The minimum Gasteiger partial charge on any atom is -0.495 e. The van der Waals surface area contributed by atoms with Gasteiger partial charge in [-0.1, -0.05) is 0 Å². The summed E-state index contributed by atoms with van der Waals surface area (Å²) < 4.78 is 5.31. The van der Waals surface area contributed by atoms with E-state index in [1.165, 1.54) is 0 Å². The molecule has 0 aromatic rings. The quantitative estimate of drug-likeness (QED) is 0.623. The van der Waals surface area contributed by atoms with Crippen molar-refractivity contribution in [1.29, 1.82) is 0 Å². The molecule has 2 aliphatic rings. The van der Waals surface area contributed by atoms with Crippen molar-refractivity contribution in [2.75, 3.05) is 19.7 Å². The molecule has 12 heavy (non-hydrogen) atoms. The van der Waals surface area contributed by atoms with Gasteiger partial charge < -0.3 is 15.2 Å². The fraction of sp³-hybridized carbons (Fsp3) is 0.778. The van der Waals surface area contributed by atoms with Crippen LogP contribution >= 0.6 is 0 Å². The molecule has 0 aromatic carbocycles. The van der Waals surface area contributed by atoms with Gasteiger partial charge in [0.2, 0.25) is 0 Å². The Balaban J connectivity index is 1.93. The van der Waals surface area contributed by atoms with Gasteiger partial charge in [-0.05, 0) is 19.0 Å². The van der Waals surface area contributed by atoms with Gasteiger partial charge in [0.15, 0.2) is 0 Å². The van der Waals surface area contributed by atoms with Crippen LogP contribution in [0.25, 0.3) is 0 Å². The molecule has 68 valence electrons. The van der Waals surface area contributed by atoms with Crippen molar-refractivity contribution in [1.82, 2.24) is 5.32 Å². The van der Waals surface area contributed by atoms with Crippen molar-refractivity contribution in [3.05, 3.63) is 11.8 Å². The average molecular weight is 169 g/mol. The van der Waals surface area contributed by atoms with Crippen LogP contribution in [0.5, 0.6) is 0 Å². The van der Waals surface area contributed by atoms with Gasteiger partial charge >= 0.3 is 0 Å². The van der Waals surface area contributed by atoms with Crippen LogP contribution in [0.2, 0.25) is 0 Å². The SMILES string of the molecule is OC(C1=CCCO1)[C@H]1CCNC1. The number of rotatable bonds is 2. The van der Waals surface area contributed by atoms with Crippen LogP contribution in [0.1, 0.15) is 12.8 Å². The largest absolute Gasteiger partial charge is 0.495 e. The van der Waals surface area contributed by atoms with Gasteiger partial charge in [-0.15, -0.1) is 0 Å². The maximum absolute atomic E-state index is 9.82. The van der Waals surface area contributed by atoms with Crippen LogP contribution in [0.15, 0.2) is 11.8 Å². The first kappa shape index (κ1) is 8.08. The zero-order chi connectivity index (χ0) is 8.39. The van der Waals surface area contributed by atoms with Gasteiger partial charge in [0, 0.05) is 18.9 Å². The second kappa shape index (κ2) is 3.46. The summed E-state index contributed by atoms with van der Waals surface area (Å²) in [6.07, 6.45) is 3.64. The molecule has 2 aliphatic heterocycles. The van der Waals surface area contributed by atoms with Crippen molar-refractivity contribution in [2.24, 2.45) is 5.92 Å². The zero-order valence-electron chi connectivity index (χ0n) is 7.12. The van der Waals surface area contributed by atoms with Crippen molar-refractivity contribution in [3.63, 3.8) is 0 Å². The Kier molecular flexibility index (Phi) is 2.33. The van der Waals surface area contributed by atoms with Gasteiger partial charge in [-0.2, -0.15) is 0 Å². The number of hydrogen-bond donors (Lipinski definition) is 2. The third-order valence-corrected chi connectivity index (χ3v) is 2.57. The summed E-state index contributed by atoms with van der Waals surface area (Å²) in [5.41, 5.74) is 0. The summed E-state index contributed by atoms with van der Waals surface area (Å²) >= 11 is 0. The molecule has 2 N–H and O–H groups in total. The highest BCUT2D eigenvalue weighted by Gasteiger charge is 2.27. The Morgan fingerprint density at radius 3 is 3.17 bits per heavy atom. The lowest BCUT2D eigenvalue weighted by Gasteiger charge is -2.17. The lowest BCUT2D eigenvalue weighted by Crippen LogP contribution is -2.24. The molecule has 2 rings (SSSR count). The highest BCUT2D eigenvalue weighted by atomic mass is 16.5. The van der Waals surface area contributed by atoms with Gasteiger partial charge in [0.25, 0.3) is 0 Å². The number of hydrogen-bond acceptors (Lipinski definition) is 3. The topological polar surface area (TPSA) is 41.5 Å². The first-order valence-corrected chi connectivity index (χ1v) is 4.59. The van der Waals surface area contributed by atoms with E-state index < -0.39 is 0 Å². The fourth-order valence-corrected chi connectivity index (χ4v) is 1.82. The molecule has 1 unspecified atom stereocenters. The highest BCUT2D eigenvalue weighted by molar-refractivity contribution is 5.06. The Labute approximate surface area is 72.4 Å². The molecule has 0 amide bonds. The smallest absolute Gasteiger partial charge is 0.121 e. The van der Waals surface area contributed by atoms with Gasteiger partial charge in [-0.25, -0.2) is 0 Å². The first-order valence-electron chi connectivity index (χ1n) is 4.59. The van der Waals surface area contributed by atoms with Crippen LogP contribution < -0.4 is 5.32 Å². The molecule has 0 aromatic heterocycles. The maximum Gasteiger partial charge on any atom is 0.121 e. The molecule has 2 heterocycles. The molecule has 1 fully saturated rings. The Morgan fingerprint density at radius 2 is 2.58 bits per heavy atom. The molecule has 0 bridgehead atoms. The number of nitrogens with one attached hydrogen (secondary N) is 1. The molecule has 0 aliphatic carbocycles. The van der Waals surface area contributed by atoms with E-state index >= 15 is 0 Å². The molecule has 0 radical (unpaired) electrons. The third kappa shape index (κ3) is 1.47. The summed E-state index contributed by atoms with van der Waals surface area (Å²) in [7, 11) is 0. The van der Waals surface area contributed by atoms with Crippen molar-refractivity contribution in [2.45, 2.75) is 18.9 Å². The first-order chi connectivity index (χ1) is 5.88. The summed E-state index contributed by atoms with van der Waals surface area (Å²) in [5, 5.41) is 13.0.